The zero-order valence-corrected chi connectivity index (χ0v) is 6.02. The fourth-order valence-electron chi connectivity index (χ4n) is 0.405. The molecule has 0 saturated heterocycles. The Bertz CT molecular complexity index is 114. The van der Waals surface area contributed by atoms with Gasteiger partial charge in [-0.25, -0.2) is 4.39 Å². The standard InChI is InChI=1S/C8H13F/c1-4-7(2)5-6-8(3)9/h5-7H,3-4H2,1-2H3/b6-5-. The van der Waals surface area contributed by atoms with Gasteiger partial charge >= 0.3 is 0 Å². The van der Waals surface area contributed by atoms with E-state index in [1.807, 2.05) is 13.0 Å². The highest BCUT2D eigenvalue weighted by molar-refractivity contribution is 5.06. The molecule has 0 fully saturated rings. The number of halogens is 1. The molecule has 0 saturated carbocycles. The molecule has 1 heteroatoms. The highest BCUT2D eigenvalue weighted by atomic mass is 19.1. The van der Waals surface area contributed by atoms with Crippen molar-refractivity contribution in [3.63, 3.8) is 0 Å². The maximum atomic E-state index is 11.9. The minimum absolute atomic E-state index is 0.365. The zero-order chi connectivity index (χ0) is 7.28. The Morgan fingerprint density at radius 2 is 2.33 bits per heavy atom. The van der Waals surface area contributed by atoms with Gasteiger partial charge in [0.15, 0.2) is 0 Å². The summed E-state index contributed by atoms with van der Waals surface area (Å²) in [6.07, 6.45) is 4.28. The van der Waals surface area contributed by atoms with Crippen molar-refractivity contribution in [3.8, 4) is 0 Å². The monoisotopic (exact) mass is 128 g/mol. The van der Waals surface area contributed by atoms with E-state index in [9.17, 15) is 4.39 Å². The summed E-state index contributed by atoms with van der Waals surface area (Å²) in [7, 11) is 0. The topological polar surface area (TPSA) is 0 Å². The van der Waals surface area contributed by atoms with Gasteiger partial charge in [-0.15, -0.1) is 0 Å². The van der Waals surface area contributed by atoms with Crippen molar-refractivity contribution in [2.75, 3.05) is 0 Å². The molecule has 0 aromatic carbocycles. The van der Waals surface area contributed by atoms with Crippen LogP contribution in [0, 0.1) is 5.92 Å². The Balaban J connectivity index is 3.56. The van der Waals surface area contributed by atoms with E-state index in [2.05, 4.69) is 13.5 Å². The molecule has 0 spiro atoms. The van der Waals surface area contributed by atoms with Crippen LogP contribution < -0.4 is 0 Å². The van der Waals surface area contributed by atoms with Crippen LogP contribution in [0.3, 0.4) is 0 Å². The molecular formula is C8H13F. The fraction of sp³-hybridized carbons (Fsp3) is 0.500. The van der Waals surface area contributed by atoms with Crippen molar-refractivity contribution in [2.24, 2.45) is 5.92 Å². The maximum absolute atomic E-state index is 11.9. The smallest absolute Gasteiger partial charge is 0.115 e. The van der Waals surface area contributed by atoms with Gasteiger partial charge in [-0.3, -0.25) is 0 Å². The quantitative estimate of drug-likeness (QED) is 0.512. The van der Waals surface area contributed by atoms with Crippen molar-refractivity contribution in [1.29, 1.82) is 0 Å². The van der Waals surface area contributed by atoms with Gasteiger partial charge in [-0.1, -0.05) is 32.9 Å². The lowest BCUT2D eigenvalue weighted by molar-refractivity contribution is 0.658. The van der Waals surface area contributed by atoms with E-state index in [-0.39, 0.29) is 5.83 Å². The molecule has 0 heterocycles. The van der Waals surface area contributed by atoms with Crippen LogP contribution in [0.1, 0.15) is 20.3 Å². The van der Waals surface area contributed by atoms with Crippen LogP contribution in [0.4, 0.5) is 4.39 Å². The molecule has 0 radical (unpaired) electrons. The molecule has 0 N–H and O–H groups in total. The molecule has 0 nitrogen and oxygen atoms in total. The minimum atomic E-state index is -0.365. The van der Waals surface area contributed by atoms with E-state index in [4.69, 9.17) is 0 Å². The molecule has 52 valence electrons. The van der Waals surface area contributed by atoms with Crippen LogP contribution in [0.15, 0.2) is 24.6 Å². The van der Waals surface area contributed by atoms with Gasteiger partial charge in [-0.05, 0) is 12.0 Å². The lowest BCUT2D eigenvalue weighted by Gasteiger charge is -1.96. The second kappa shape index (κ2) is 4.30. The summed E-state index contributed by atoms with van der Waals surface area (Å²) in [6, 6.07) is 0. The Morgan fingerprint density at radius 3 is 2.67 bits per heavy atom. The summed E-state index contributed by atoms with van der Waals surface area (Å²) in [4.78, 5) is 0. The summed E-state index contributed by atoms with van der Waals surface area (Å²) in [5.41, 5.74) is 0. The molecule has 0 aliphatic rings. The third kappa shape index (κ3) is 5.28. The van der Waals surface area contributed by atoms with Crippen LogP contribution in [-0.4, -0.2) is 0 Å². The minimum Gasteiger partial charge on any atom is -0.208 e. The summed E-state index contributed by atoms with van der Waals surface area (Å²) in [5.74, 6) is 0.0906. The first-order valence-electron chi connectivity index (χ1n) is 3.19. The second-order valence-electron chi connectivity index (χ2n) is 2.19. The van der Waals surface area contributed by atoms with Crippen LogP contribution >= 0.6 is 0 Å². The predicted octanol–water partition coefficient (Wildman–Crippen LogP) is 3.07. The lowest BCUT2D eigenvalue weighted by Crippen LogP contribution is -1.83. The molecule has 1 unspecified atom stereocenters. The van der Waals surface area contributed by atoms with Gasteiger partial charge in [0.2, 0.25) is 0 Å². The first-order valence-corrected chi connectivity index (χ1v) is 3.19. The summed E-state index contributed by atoms with van der Waals surface area (Å²) >= 11 is 0. The summed E-state index contributed by atoms with van der Waals surface area (Å²) in [5, 5.41) is 0. The number of hydrogen-bond acceptors (Lipinski definition) is 0. The highest BCUT2D eigenvalue weighted by Crippen LogP contribution is 2.04. The Hall–Kier alpha value is -0.590. The van der Waals surface area contributed by atoms with Gasteiger partial charge in [0, 0.05) is 0 Å². The zero-order valence-electron chi connectivity index (χ0n) is 6.02. The molecule has 0 amide bonds. The average Bonchev–Trinajstić information content (AvgIpc) is 1.83. The Kier molecular flexibility index (Phi) is 4.02. The van der Waals surface area contributed by atoms with Crippen LogP contribution in [0.25, 0.3) is 0 Å². The van der Waals surface area contributed by atoms with Crippen LogP contribution in [0.5, 0.6) is 0 Å². The first kappa shape index (κ1) is 8.41. The van der Waals surface area contributed by atoms with E-state index in [0.29, 0.717) is 5.92 Å². The van der Waals surface area contributed by atoms with Crippen LogP contribution in [-0.2, 0) is 0 Å². The Labute approximate surface area is 56.1 Å². The van der Waals surface area contributed by atoms with Gasteiger partial charge in [-0.2, -0.15) is 0 Å². The third-order valence-electron chi connectivity index (χ3n) is 1.25. The van der Waals surface area contributed by atoms with Gasteiger partial charge < -0.3 is 0 Å². The summed E-state index contributed by atoms with van der Waals surface area (Å²) < 4.78 is 11.9. The van der Waals surface area contributed by atoms with E-state index in [1.54, 1.807) is 0 Å². The number of allylic oxidation sites excluding steroid dienone is 3. The van der Waals surface area contributed by atoms with Crippen molar-refractivity contribution >= 4 is 0 Å². The summed E-state index contributed by atoms with van der Waals surface area (Å²) in [6.45, 7) is 7.21. The predicted molar refractivity (Wildman–Crippen MR) is 38.8 cm³/mol. The average molecular weight is 128 g/mol. The van der Waals surface area contributed by atoms with Crippen molar-refractivity contribution in [3.05, 3.63) is 24.6 Å². The maximum Gasteiger partial charge on any atom is 0.115 e. The molecule has 0 aromatic heterocycles. The normalized spacial score (nSPS) is 14.1. The van der Waals surface area contributed by atoms with Crippen molar-refractivity contribution in [2.45, 2.75) is 20.3 Å². The number of rotatable bonds is 3. The van der Waals surface area contributed by atoms with Gasteiger partial charge in [0.05, 0.1) is 0 Å². The molecule has 0 aliphatic heterocycles. The SMILES string of the molecule is C=C(F)/C=C\C(C)CC. The molecule has 9 heavy (non-hydrogen) atoms. The second-order valence-corrected chi connectivity index (χ2v) is 2.19. The van der Waals surface area contributed by atoms with Crippen molar-refractivity contribution < 1.29 is 4.39 Å². The largest absolute Gasteiger partial charge is 0.208 e. The van der Waals surface area contributed by atoms with Crippen LogP contribution in [0.2, 0.25) is 0 Å². The molecule has 0 bridgehead atoms. The fourth-order valence-corrected chi connectivity index (χ4v) is 0.405. The molecule has 0 aromatic rings. The lowest BCUT2D eigenvalue weighted by atomic mass is 10.1. The molecule has 1 atom stereocenters. The molecule has 0 rings (SSSR count). The van der Waals surface area contributed by atoms with E-state index in [0.717, 1.165) is 6.42 Å². The Morgan fingerprint density at radius 1 is 1.78 bits per heavy atom. The van der Waals surface area contributed by atoms with E-state index in [1.165, 1.54) is 6.08 Å². The third-order valence-corrected chi connectivity index (χ3v) is 1.25. The molecule has 0 aliphatic carbocycles. The van der Waals surface area contributed by atoms with Crippen molar-refractivity contribution in [1.82, 2.24) is 0 Å². The molecular weight excluding hydrogens is 115 g/mol. The van der Waals surface area contributed by atoms with E-state index < -0.39 is 0 Å². The van der Waals surface area contributed by atoms with Gasteiger partial charge in [0.25, 0.3) is 0 Å². The number of hydrogen-bond donors (Lipinski definition) is 0. The van der Waals surface area contributed by atoms with Gasteiger partial charge in [0.1, 0.15) is 5.83 Å². The first-order chi connectivity index (χ1) is 4.16. The highest BCUT2D eigenvalue weighted by Gasteiger charge is 1.89. The van der Waals surface area contributed by atoms with E-state index >= 15 is 0 Å².